The summed E-state index contributed by atoms with van der Waals surface area (Å²) in [7, 11) is 0. The number of halogens is 3. The third-order valence-electron chi connectivity index (χ3n) is 3.21. The first-order valence-corrected chi connectivity index (χ1v) is 7.95. The summed E-state index contributed by atoms with van der Waals surface area (Å²) in [5.74, 6) is 0.479. The molecule has 0 spiro atoms. The van der Waals surface area contributed by atoms with Gasteiger partial charge in [-0.3, -0.25) is 0 Å². The monoisotopic (exact) mass is 335 g/mol. The predicted octanol–water partition coefficient (Wildman–Crippen LogP) is 4.68. The molecule has 0 aliphatic rings. The van der Waals surface area contributed by atoms with Gasteiger partial charge in [-0.05, 0) is 24.5 Å². The molecule has 0 bridgehead atoms. The lowest BCUT2D eigenvalue weighted by Gasteiger charge is -2.09. The second kappa shape index (κ2) is 6.08. The van der Waals surface area contributed by atoms with E-state index in [4.69, 9.17) is 0 Å². The fraction of sp³-hybridized carbons (Fsp3) is 0.125. The maximum atomic E-state index is 12.9. The Hall–Kier alpha value is -2.28. The lowest BCUT2D eigenvalue weighted by molar-refractivity contribution is -0.137. The predicted molar refractivity (Wildman–Crippen MR) is 83.6 cm³/mol. The first-order valence-electron chi connectivity index (χ1n) is 6.73. The van der Waals surface area contributed by atoms with E-state index in [-0.39, 0.29) is 0 Å². The summed E-state index contributed by atoms with van der Waals surface area (Å²) in [6.07, 6.45) is -2.58. The van der Waals surface area contributed by atoms with E-state index in [0.29, 0.717) is 16.7 Å². The van der Waals surface area contributed by atoms with Gasteiger partial charge in [0.15, 0.2) is 11.0 Å². The van der Waals surface area contributed by atoms with Crippen LogP contribution in [0.4, 0.5) is 13.2 Å². The third-order valence-corrected chi connectivity index (χ3v) is 3.84. The van der Waals surface area contributed by atoms with Crippen LogP contribution in [0.25, 0.3) is 17.1 Å². The molecule has 0 fully saturated rings. The van der Waals surface area contributed by atoms with Gasteiger partial charge < -0.3 is 0 Å². The zero-order chi connectivity index (χ0) is 16.4. The van der Waals surface area contributed by atoms with Gasteiger partial charge in [-0.1, -0.05) is 48.2 Å². The van der Waals surface area contributed by atoms with E-state index in [1.165, 1.54) is 22.5 Å². The van der Waals surface area contributed by atoms with Crippen molar-refractivity contribution in [2.24, 2.45) is 0 Å². The Kier molecular flexibility index (Phi) is 4.12. The first kappa shape index (κ1) is 15.6. The first-order chi connectivity index (χ1) is 11.0. The van der Waals surface area contributed by atoms with Crippen LogP contribution in [0.5, 0.6) is 0 Å². The summed E-state index contributed by atoms with van der Waals surface area (Å²) >= 11 is 1.33. The van der Waals surface area contributed by atoms with Gasteiger partial charge in [-0.15, -0.1) is 5.10 Å². The van der Waals surface area contributed by atoms with Crippen LogP contribution in [-0.2, 0) is 6.18 Å². The van der Waals surface area contributed by atoms with Gasteiger partial charge in [0.1, 0.15) is 0 Å². The van der Waals surface area contributed by atoms with Crippen molar-refractivity contribution >= 4 is 11.8 Å². The summed E-state index contributed by atoms with van der Waals surface area (Å²) in [5.41, 5.74) is 0.436. The van der Waals surface area contributed by atoms with Crippen LogP contribution in [0.15, 0.2) is 59.8 Å². The summed E-state index contributed by atoms with van der Waals surface area (Å²) in [5, 5.41) is 4.89. The molecule has 2 aromatic carbocycles. The van der Waals surface area contributed by atoms with Crippen molar-refractivity contribution in [1.82, 2.24) is 14.8 Å². The highest BCUT2D eigenvalue weighted by Gasteiger charge is 2.30. The van der Waals surface area contributed by atoms with E-state index in [1.807, 2.05) is 36.6 Å². The molecule has 3 nitrogen and oxygen atoms in total. The van der Waals surface area contributed by atoms with Crippen LogP contribution in [0, 0.1) is 0 Å². The topological polar surface area (TPSA) is 30.7 Å². The molecule has 0 saturated carbocycles. The van der Waals surface area contributed by atoms with Crippen molar-refractivity contribution in [2.75, 3.05) is 6.26 Å². The van der Waals surface area contributed by atoms with Crippen molar-refractivity contribution in [1.29, 1.82) is 0 Å². The number of rotatable bonds is 3. The van der Waals surface area contributed by atoms with E-state index in [2.05, 4.69) is 10.1 Å². The number of thioether (sulfide) groups is 1. The normalized spacial score (nSPS) is 11.7. The Morgan fingerprint density at radius 1 is 1.00 bits per heavy atom. The van der Waals surface area contributed by atoms with Crippen molar-refractivity contribution in [3.63, 3.8) is 0 Å². The van der Waals surface area contributed by atoms with Crippen LogP contribution in [0.2, 0.25) is 0 Å². The summed E-state index contributed by atoms with van der Waals surface area (Å²) < 4.78 is 40.1. The highest BCUT2D eigenvalue weighted by atomic mass is 32.2. The molecule has 0 amide bonds. The van der Waals surface area contributed by atoms with Gasteiger partial charge in [0, 0.05) is 5.56 Å². The molecule has 7 heteroatoms. The number of nitrogens with zero attached hydrogens (tertiary/aromatic N) is 3. The molecule has 0 N–H and O–H groups in total. The van der Waals surface area contributed by atoms with Crippen molar-refractivity contribution in [3.05, 3.63) is 60.2 Å². The van der Waals surface area contributed by atoms with E-state index in [1.54, 1.807) is 6.07 Å². The molecule has 118 valence electrons. The second-order valence-electron chi connectivity index (χ2n) is 4.75. The fourth-order valence-electron chi connectivity index (χ4n) is 2.12. The number of benzene rings is 2. The third kappa shape index (κ3) is 3.24. The molecule has 0 saturated heterocycles. The number of aromatic nitrogens is 3. The largest absolute Gasteiger partial charge is 0.416 e. The molecule has 0 aliphatic carbocycles. The Morgan fingerprint density at radius 2 is 1.74 bits per heavy atom. The van der Waals surface area contributed by atoms with Crippen LogP contribution in [0.1, 0.15) is 5.56 Å². The van der Waals surface area contributed by atoms with Crippen molar-refractivity contribution in [3.8, 4) is 17.1 Å². The highest BCUT2D eigenvalue weighted by Crippen LogP contribution is 2.31. The maximum absolute atomic E-state index is 12.9. The maximum Gasteiger partial charge on any atom is 0.416 e. The van der Waals surface area contributed by atoms with E-state index < -0.39 is 11.7 Å². The van der Waals surface area contributed by atoms with Gasteiger partial charge in [0.2, 0.25) is 0 Å². The lowest BCUT2D eigenvalue weighted by Crippen LogP contribution is -2.07. The molecule has 3 rings (SSSR count). The molecular formula is C16H12F3N3S. The van der Waals surface area contributed by atoms with Gasteiger partial charge in [-0.25, -0.2) is 9.67 Å². The van der Waals surface area contributed by atoms with Gasteiger partial charge in [0.25, 0.3) is 0 Å². The Labute approximate surface area is 135 Å². The van der Waals surface area contributed by atoms with Crippen molar-refractivity contribution < 1.29 is 13.2 Å². The fourth-order valence-corrected chi connectivity index (χ4v) is 2.62. The molecule has 23 heavy (non-hydrogen) atoms. The van der Waals surface area contributed by atoms with Crippen molar-refractivity contribution in [2.45, 2.75) is 11.3 Å². The molecule has 0 aliphatic heterocycles. The van der Waals surface area contributed by atoms with E-state index >= 15 is 0 Å². The Morgan fingerprint density at radius 3 is 2.39 bits per heavy atom. The summed E-state index contributed by atoms with van der Waals surface area (Å²) in [6, 6.07) is 14.4. The Balaban J connectivity index is 2.08. The zero-order valence-electron chi connectivity index (χ0n) is 12.1. The van der Waals surface area contributed by atoms with Crippen LogP contribution >= 0.6 is 11.8 Å². The van der Waals surface area contributed by atoms with Crippen LogP contribution < -0.4 is 0 Å². The average Bonchev–Trinajstić information content (AvgIpc) is 2.99. The zero-order valence-corrected chi connectivity index (χ0v) is 12.9. The summed E-state index contributed by atoms with van der Waals surface area (Å²) in [6.45, 7) is 0. The van der Waals surface area contributed by atoms with Crippen LogP contribution in [-0.4, -0.2) is 21.0 Å². The molecule has 0 atom stereocenters. The summed E-state index contributed by atoms with van der Waals surface area (Å²) in [4.78, 5) is 4.40. The molecule has 0 unspecified atom stereocenters. The minimum absolute atomic E-state index is 0.332. The minimum Gasteiger partial charge on any atom is -0.207 e. The second-order valence-corrected chi connectivity index (χ2v) is 5.52. The standard InChI is InChI=1S/C16H12F3N3S/c1-23-15-20-14(11-6-3-2-4-7-11)21-22(15)13-9-5-8-12(10-13)16(17,18)19/h2-10H,1H3. The molecular weight excluding hydrogens is 323 g/mol. The van der Waals surface area contributed by atoms with Gasteiger partial charge in [-0.2, -0.15) is 13.2 Å². The molecule has 0 radical (unpaired) electrons. The van der Waals surface area contributed by atoms with Gasteiger partial charge in [0.05, 0.1) is 11.3 Å². The Bertz CT molecular complexity index is 813. The smallest absolute Gasteiger partial charge is 0.207 e. The highest BCUT2D eigenvalue weighted by molar-refractivity contribution is 7.98. The molecule has 1 aromatic heterocycles. The van der Waals surface area contributed by atoms with E-state index in [9.17, 15) is 13.2 Å². The molecule has 1 heterocycles. The van der Waals surface area contributed by atoms with Crippen LogP contribution in [0.3, 0.4) is 0 Å². The molecule has 3 aromatic rings. The van der Waals surface area contributed by atoms with Gasteiger partial charge >= 0.3 is 6.18 Å². The van der Waals surface area contributed by atoms with E-state index in [0.717, 1.165) is 17.7 Å². The number of alkyl halides is 3. The number of hydrogen-bond donors (Lipinski definition) is 0. The minimum atomic E-state index is -4.39. The quantitative estimate of drug-likeness (QED) is 0.652. The SMILES string of the molecule is CSc1nc(-c2ccccc2)nn1-c1cccc(C(F)(F)F)c1. The number of hydrogen-bond acceptors (Lipinski definition) is 3. The average molecular weight is 335 g/mol. The lowest BCUT2D eigenvalue weighted by atomic mass is 10.2.